The van der Waals surface area contributed by atoms with Crippen LogP contribution in [0.4, 0.5) is 0 Å². The zero-order valence-electron chi connectivity index (χ0n) is 14.3. The van der Waals surface area contributed by atoms with Gasteiger partial charge in [-0.1, -0.05) is 44.2 Å². The van der Waals surface area contributed by atoms with Crippen LogP contribution < -0.4 is 0 Å². The summed E-state index contributed by atoms with van der Waals surface area (Å²) >= 11 is 4.44. The molecule has 0 nitrogen and oxygen atoms in total. The maximum absolute atomic E-state index is 4.44. The molecule has 0 fully saturated rings. The lowest BCUT2D eigenvalue weighted by Gasteiger charge is -2.47. The molecule has 0 saturated heterocycles. The van der Waals surface area contributed by atoms with Crippen LogP contribution in [-0.4, -0.2) is 23.0 Å². The fourth-order valence-corrected chi connectivity index (χ4v) is 5.15. The Morgan fingerprint density at radius 2 is 1.71 bits per heavy atom. The topological polar surface area (TPSA) is 0 Å². The molecule has 1 aromatic rings. The summed E-state index contributed by atoms with van der Waals surface area (Å²) in [6.07, 6.45) is 12.4. The van der Waals surface area contributed by atoms with Crippen LogP contribution in [0.2, 0.25) is 0 Å². The van der Waals surface area contributed by atoms with E-state index in [0.29, 0.717) is 4.75 Å². The second-order valence-electron chi connectivity index (χ2n) is 6.33. The first-order chi connectivity index (χ1) is 9.80. The molecule has 0 heterocycles. The quantitative estimate of drug-likeness (QED) is 0.468. The van der Waals surface area contributed by atoms with Gasteiger partial charge in [-0.05, 0) is 71.4 Å². The fraction of sp³-hybridized carbons (Fsp3) is 0.474. The SMILES string of the molecule is C/C=C\C(=C/C)c1ccc(S(C)(C)C(C)(C)CCS)cc1. The summed E-state index contributed by atoms with van der Waals surface area (Å²) in [7, 11) is -0.849. The van der Waals surface area contributed by atoms with Crippen LogP contribution in [-0.2, 0) is 0 Å². The van der Waals surface area contributed by atoms with Gasteiger partial charge in [0.1, 0.15) is 0 Å². The van der Waals surface area contributed by atoms with E-state index in [-0.39, 0.29) is 0 Å². The van der Waals surface area contributed by atoms with Crippen LogP contribution >= 0.6 is 22.7 Å². The minimum Gasteiger partial charge on any atom is -0.215 e. The average Bonchev–Trinajstić information content (AvgIpc) is 2.44. The zero-order chi connectivity index (χ0) is 16.1. The number of rotatable bonds is 6. The predicted molar refractivity (Wildman–Crippen MR) is 105 cm³/mol. The molecule has 21 heavy (non-hydrogen) atoms. The lowest BCUT2D eigenvalue weighted by molar-refractivity contribution is 0.680. The minimum absolute atomic E-state index is 0.309. The van der Waals surface area contributed by atoms with Crippen molar-refractivity contribution in [2.24, 2.45) is 0 Å². The zero-order valence-corrected chi connectivity index (χ0v) is 16.0. The highest BCUT2D eigenvalue weighted by atomic mass is 32.3. The molecule has 0 radical (unpaired) electrons. The highest BCUT2D eigenvalue weighted by Gasteiger charge is 2.33. The first-order valence-electron chi connectivity index (χ1n) is 7.53. The summed E-state index contributed by atoms with van der Waals surface area (Å²) in [6.45, 7) is 8.91. The average molecular weight is 323 g/mol. The van der Waals surface area contributed by atoms with Crippen molar-refractivity contribution in [1.82, 2.24) is 0 Å². The lowest BCUT2D eigenvalue weighted by atomic mass is 10.1. The maximum atomic E-state index is 4.44. The second-order valence-corrected chi connectivity index (χ2v) is 11.0. The molecular formula is C19H30S2. The maximum Gasteiger partial charge on any atom is -0.00131 e. The molecule has 118 valence electrons. The largest absolute Gasteiger partial charge is 0.215 e. The molecule has 0 aliphatic rings. The molecule has 0 amide bonds. The van der Waals surface area contributed by atoms with Crippen molar-refractivity contribution in [3.05, 3.63) is 48.1 Å². The van der Waals surface area contributed by atoms with Crippen molar-refractivity contribution >= 4 is 28.2 Å². The highest BCUT2D eigenvalue weighted by molar-refractivity contribution is 8.33. The van der Waals surface area contributed by atoms with E-state index in [1.54, 1.807) is 0 Å². The standard InChI is InChI=1S/C19H30S2/c1-7-9-16(8-2)17-10-12-18(13-11-17)21(5,6)19(3,4)14-15-20/h7-13,20H,14-15H2,1-6H3/b9-7-,16-8+. The van der Waals surface area contributed by atoms with Gasteiger partial charge in [-0.25, -0.2) is 10.0 Å². The van der Waals surface area contributed by atoms with E-state index in [1.165, 1.54) is 16.0 Å². The molecule has 1 aromatic carbocycles. The van der Waals surface area contributed by atoms with Gasteiger partial charge < -0.3 is 0 Å². The molecular weight excluding hydrogens is 292 g/mol. The van der Waals surface area contributed by atoms with Crippen LogP contribution in [0.25, 0.3) is 5.57 Å². The molecule has 0 atom stereocenters. The molecule has 0 saturated carbocycles. The Bertz CT molecular complexity index is 505. The van der Waals surface area contributed by atoms with E-state index < -0.39 is 10.0 Å². The molecule has 0 N–H and O–H groups in total. The molecule has 0 aliphatic heterocycles. The van der Waals surface area contributed by atoms with Crippen LogP contribution in [0.15, 0.2) is 47.4 Å². The minimum atomic E-state index is -0.849. The van der Waals surface area contributed by atoms with Crippen LogP contribution in [0.3, 0.4) is 0 Å². The van der Waals surface area contributed by atoms with Crippen molar-refractivity contribution in [2.45, 2.75) is 43.8 Å². The predicted octanol–water partition coefficient (Wildman–Crippen LogP) is 6.19. The van der Waals surface area contributed by atoms with Gasteiger partial charge in [0.05, 0.1) is 0 Å². The normalized spacial score (nSPS) is 14.7. The van der Waals surface area contributed by atoms with Gasteiger partial charge in [0.25, 0.3) is 0 Å². The van der Waals surface area contributed by atoms with E-state index in [1.807, 2.05) is 0 Å². The Labute approximate surface area is 138 Å². The highest BCUT2D eigenvalue weighted by Crippen LogP contribution is 2.61. The van der Waals surface area contributed by atoms with Gasteiger partial charge in [0.2, 0.25) is 0 Å². The Balaban J connectivity index is 3.12. The number of hydrogen-bond acceptors (Lipinski definition) is 1. The monoisotopic (exact) mass is 322 g/mol. The molecule has 0 unspecified atom stereocenters. The Hall–Kier alpha value is -0.600. The van der Waals surface area contributed by atoms with E-state index in [9.17, 15) is 0 Å². The first-order valence-corrected chi connectivity index (χ1v) is 10.6. The molecule has 0 bridgehead atoms. The van der Waals surface area contributed by atoms with Crippen LogP contribution in [0, 0.1) is 0 Å². The number of hydrogen-bond donors (Lipinski definition) is 1. The van der Waals surface area contributed by atoms with E-state index in [0.717, 1.165) is 12.2 Å². The molecule has 0 aliphatic carbocycles. The van der Waals surface area contributed by atoms with Crippen molar-refractivity contribution in [3.63, 3.8) is 0 Å². The summed E-state index contributed by atoms with van der Waals surface area (Å²) in [4.78, 5) is 1.48. The Morgan fingerprint density at radius 3 is 2.14 bits per heavy atom. The van der Waals surface area contributed by atoms with E-state index >= 15 is 0 Å². The van der Waals surface area contributed by atoms with Crippen molar-refractivity contribution in [3.8, 4) is 0 Å². The van der Waals surface area contributed by atoms with Gasteiger partial charge in [-0.3, -0.25) is 0 Å². The van der Waals surface area contributed by atoms with E-state index in [4.69, 9.17) is 0 Å². The third kappa shape index (κ3) is 4.20. The van der Waals surface area contributed by atoms with Crippen LogP contribution in [0.5, 0.6) is 0 Å². The Kier molecular flexibility index (Phi) is 6.68. The summed E-state index contributed by atoms with van der Waals surface area (Å²) in [5.74, 6) is 0.950. The van der Waals surface area contributed by atoms with Crippen molar-refractivity contribution in [1.29, 1.82) is 0 Å². The molecule has 1 rings (SSSR count). The van der Waals surface area contributed by atoms with Crippen LogP contribution in [0.1, 0.15) is 39.7 Å². The van der Waals surface area contributed by atoms with Gasteiger partial charge in [-0.2, -0.15) is 12.6 Å². The van der Waals surface area contributed by atoms with Crippen molar-refractivity contribution in [2.75, 3.05) is 18.3 Å². The second kappa shape index (κ2) is 7.60. The summed E-state index contributed by atoms with van der Waals surface area (Å²) in [5, 5.41) is 0. The third-order valence-electron chi connectivity index (χ3n) is 4.53. The molecule has 2 heteroatoms. The van der Waals surface area contributed by atoms with Gasteiger partial charge in [0.15, 0.2) is 0 Å². The lowest BCUT2D eigenvalue weighted by Crippen LogP contribution is -2.28. The Morgan fingerprint density at radius 1 is 1.14 bits per heavy atom. The smallest absolute Gasteiger partial charge is 0.00131 e. The van der Waals surface area contributed by atoms with Gasteiger partial charge in [0, 0.05) is 0 Å². The molecule has 0 spiro atoms. The third-order valence-corrected chi connectivity index (χ3v) is 9.17. The number of allylic oxidation sites excluding steroid dienone is 4. The first kappa shape index (κ1) is 18.4. The van der Waals surface area contributed by atoms with Gasteiger partial charge in [-0.15, -0.1) is 0 Å². The van der Waals surface area contributed by atoms with Crippen molar-refractivity contribution < 1.29 is 0 Å². The number of benzene rings is 1. The number of thiol groups is 1. The van der Waals surface area contributed by atoms with E-state index in [2.05, 4.69) is 95.3 Å². The summed E-state index contributed by atoms with van der Waals surface area (Å²) in [5.41, 5.74) is 2.58. The van der Waals surface area contributed by atoms with Gasteiger partial charge >= 0.3 is 0 Å². The fourth-order valence-electron chi connectivity index (χ4n) is 2.37. The summed E-state index contributed by atoms with van der Waals surface area (Å²) in [6, 6.07) is 9.16. The summed E-state index contributed by atoms with van der Waals surface area (Å²) < 4.78 is 0.309. The molecule has 0 aromatic heterocycles.